The van der Waals surface area contributed by atoms with Gasteiger partial charge in [-0.15, -0.1) is 0 Å². The Kier molecular flexibility index (Phi) is 2.97. The minimum Gasteiger partial charge on any atom is -0.444 e. The zero-order valence-electron chi connectivity index (χ0n) is 9.40. The lowest BCUT2D eigenvalue weighted by Gasteiger charge is -2.06. The van der Waals surface area contributed by atoms with Gasteiger partial charge in [-0.25, -0.2) is 4.98 Å². The van der Waals surface area contributed by atoms with Crippen molar-refractivity contribution in [2.75, 3.05) is 11.1 Å². The van der Waals surface area contributed by atoms with Crippen LogP contribution in [0.3, 0.4) is 0 Å². The Morgan fingerprint density at radius 2 is 2.35 bits per heavy atom. The fourth-order valence-electron chi connectivity index (χ4n) is 1.46. The first-order valence-electron chi connectivity index (χ1n) is 5.14. The Balaban J connectivity index is 2.12. The van der Waals surface area contributed by atoms with E-state index in [4.69, 9.17) is 15.4 Å². The molecule has 86 valence electrons. The summed E-state index contributed by atoms with van der Waals surface area (Å²) in [4.78, 5) is 4.07. The van der Waals surface area contributed by atoms with Crippen LogP contribution in [-0.4, -0.2) is 4.98 Å². The number of anilines is 2. The van der Waals surface area contributed by atoms with Crippen LogP contribution in [0.1, 0.15) is 17.2 Å². The number of aryl methyl sites for hydroxylation is 1. The maximum absolute atomic E-state index is 8.96. The molecule has 0 aliphatic rings. The minimum absolute atomic E-state index is 0.437. The van der Waals surface area contributed by atoms with Crippen molar-refractivity contribution in [1.82, 2.24) is 4.98 Å². The van der Waals surface area contributed by atoms with Gasteiger partial charge in [-0.2, -0.15) is 5.26 Å². The molecule has 1 aromatic heterocycles. The third-order valence-electron chi connectivity index (χ3n) is 2.26. The van der Waals surface area contributed by atoms with Crippen LogP contribution >= 0.6 is 0 Å². The summed E-state index contributed by atoms with van der Waals surface area (Å²) >= 11 is 0. The molecule has 0 amide bonds. The molecule has 0 aliphatic heterocycles. The van der Waals surface area contributed by atoms with Crippen LogP contribution in [0.25, 0.3) is 0 Å². The lowest BCUT2D eigenvalue weighted by molar-refractivity contribution is 0.479. The highest BCUT2D eigenvalue weighted by molar-refractivity contribution is 5.62. The van der Waals surface area contributed by atoms with E-state index in [9.17, 15) is 0 Å². The van der Waals surface area contributed by atoms with Gasteiger partial charge in [0.15, 0.2) is 0 Å². The molecule has 0 bridgehead atoms. The molecule has 3 N–H and O–H groups in total. The Hall–Kier alpha value is -2.48. The van der Waals surface area contributed by atoms with Crippen LogP contribution < -0.4 is 11.1 Å². The van der Waals surface area contributed by atoms with E-state index < -0.39 is 0 Å². The van der Waals surface area contributed by atoms with Crippen LogP contribution in [0.4, 0.5) is 11.4 Å². The van der Waals surface area contributed by atoms with E-state index in [1.165, 1.54) is 0 Å². The fourth-order valence-corrected chi connectivity index (χ4v) is 1.46. The number of nitriles is 1. The first-order chi connectivity index (χ1) is 8.19. The van der Waals surface area contributed by atoms with Gasteiger partial charge < -0.3 is 15.5 Å². The summed E-state index contributed by atoms with van der Waals surface area (Å²) in [6.45, 7) is 2.27. The SMILES string of the molecule is Cc1cnc(CNc2ccc(N)cc2C#N)o1. The number of aromatic nitrogens is 1. The number of nitrogen functional groups attached to an aromatic ring is 1. The van der Waals surface area contributed by atoms with Gasteiger partial charge in [0.1, 0.15) is 11.8 Å². The van der Waals surface area contributed by atoms with Gasteiger partial charge in [0, 0.05) is 5.69 Å². The summed E-state index contributed by atoms with van der Waals surface area (Å²) in [5.41, 5.74) is 7.40. The number of hydrogen-bond donors (Lipinski definition) is 2. The second kappa shape index (κ2) is 4.58. The molecule has 2 aromatic rings. The second-order valence-corrected chi connectivity index (χ2v) is 3.64. The molecule has 2 rings (SSSR count). The van der Waals surface area contributed by atoms with Crippen molar-refractivity contribution in [2.24, 2.45) is 0 Å². The van der Waals surface area contributed by atoms with Crippen molar-refractivity contribution in [1.29, 1.82) is 5.26 Å². The van der Waals surface area contributed by atoms with Gasteiger partial charge >= 0.3 is 0 Å². The number of hydrogen-bond acceptors (Lipinski definition) is 5. The number of benzene rings is 1. The molecule has 5 heteroatoms. The molecular formula is C12H12N4O. The zero-order chi connectivity index (χ0) is 12.3. The van der Waals surface area contributed by atoms with Crippen LogP contribution in [0.2, 0.25) is 0 Å². The quantitative estimate of drug-likeness (QED) is 0.785. The maximum Gasteiger partial charge on any atom is 0.213 e. The average molecular weight is 228 g/mol. The molecule has 0 atom stereocenters. The van der Waals surface area contributed by atoms with E-state index in [0.717, 1.165) is 11.4 Å². The van der Waals surface area contributed by atoms with Crippen molar-refractivity contribution in [2.45, 2.75) is 13.5 Å². The van der Waals surface area contributed by atoms with E-state index in [-0.39, 0.29) is 0 Å². The lowest BCUT2D eigenvalue weighted by Crippen LogP contribution is -2.02. The fraction of sp³-hybridized carbons (Fsp3) is 0.167. The van der Waals surface area contributed by atoms with Gasteiger partial charge in [-0.3, -0.25) is 0 Å². The summed E-state index contributed by atoms with van der Waals surface area (Å²) < 4.78 is 5.32. The summed E-state index contributed by atoms with van der Waals surface area (Å²) in [6.07, 6.45) is 1.66. The summed E-state index contributed by atoms with van der Waals surface area (Å²) in [5, 5.41) is 12.0. The smallest absolute Gasteiger partial charge is 0.213 e. The third-order valence-corrected chi connectivity index (χ3v) is 2.26. The Morgan fingerprint density at radius 1 is 1.53 bits per heavy atom. The van der Waals surface area contributed by atoms with Crippen molar-refractivity contribution in [3.63, 3.8) is 0 Å². The van der Waals surface area contributed by atoms with Crippen LogP contribution in [0.5, 0.6) is 0 Å². The Labute approximate surface area is 98.9 Å². The number of rotatable bonds is 3. The topological polar surface area (TPSA) is 87.9 Å². The van der Waals surface area contributed by atoms with Crippen molar-refractivity contribution >= 4 is 11.4 Å². The van der Waals surface area contributed by atoms with E-state index in [1.54, 1.807) is 24.4 Å². The Bertz CT molecular complexity index is 568. The molecule has 17 heavy (non-hydrogen) atoms. The predicted molar refractivity (Wildman–Crippen MR) is 64.1 cm³/mol. The average Bonchev–Trinajstić information content (AvgIpc) is 2.73. The molecule has 0 fully saturated rings. The van der Waals surface area contributed by atoms with Crippen molar-refractivity contribution < 1.29 is 4.42 Å². The van der Waals surface area contributed by atoms with Crippen molar-refractivity contribution in [3.05, 3.63) is 41.6 Å². The van der Waals surface area contributed by atoms with Gasteiger partial charge in [-0.1, -0.05) is 0 Å². The van der Waals surface area contributed by atoms with E-state index in [0.29, 0.717) is 23.7 Å². The highest BCUT2D eigenvalue weighted by Crippen LogP contribution is 2.18. The third kappa shape index (κ3) is 2.55. The molecule has 0 saturated carbocycles. The molecule has 1 aromatic carbocycles. The Morgan fingerprint density at radius 3 is 3.00 bits per heavy atom. The summed E-state index contributed by atoms with van der Waals surface area (Å²) in [7, 11) is 0. The maximum atomic E-state index is 8.96. The monoisotopic (exact) mass is 228 g/mol. The number of oxazole rings is 1. The molecule has 5 nitrogen and oxygen atoms in total. The van der Waals surface area contributed by atoms with E-state index in [1.807, 2.05) is 6.92 Å². The van der Waals surface area contributed by atoms with Crippen LogP contribution in [0.15, 0.2) is 28.8 Å². The standard InChI is InChI=1S/C12H12N4O/c1-8-6-16-12(17-8)7-15-11-3-2-10(14)4-9(11)5-13/h2-4,6,15H,7,14H2,1H3. The molecular weight excluding hydrogens is 216 g/mol. The summed E-state index contributed by atoms with van der Waals surface area (Å²) in [6, 6.07) is 7.22. The van der Waals surface area contributed by atoms with Crippen LogP contribution in [0, 0.1) is 18.3 Å². The highest BCUT2D eigenvalue weighted by Gasteiger charge is 2.04. The summed E-state index contributed by atoms with van der Waals surface area (Å²) in [5.74, 6) is 1.35. The predicted octanol–water partition coefficient (Wildman–Crippen LogP) is 2.05. The number of nitrogens with two attached hydrogens (primary N) is 1. The van der Waals surface area contributed by atoms with Gasteiger partial charge in [-0.05, 0) is 25.1 Å². The van der Waals surface area contributed by atoms with Gasteiger partial charge in [0.25, 0.3) is 0 Å². The first-order valence-corrected chi connectivity index (χ1v) is 5.14. The largest absolute Gasteiger partial charge is 0.444 e. The molecule has 0 aliphatic carbocycles. The second-order valence-electron chi connectivity index (χ2n) is 3.64. The highest BCUT2D eigenvalue weighted by atomic mass is 16.4. The molecule has 0 saturated heterocycles. The normalized spacial score (nSPS) is 9.88. The first kappa shape index (κ1) is 11.0. The van der Waals surface area contributed by atoms with Gasteiger partial charge in [0.05, 0.1) is 24.0 Å². The van der Waals surface area contributed by atoms with Crippen molar-refractivity contribution in [3.8, 4) is 6.07 Å². The van der Waals surface area contributed by atoms with E-state index >= 15 is 0 Å². The molecule has 1 heterocycles. The van der Waals surface area contributed by atoms with E-state index in [2.05, 4.69) is 16.4 Å². The number of nitrogens with one attached hydrogen (secondary N) is 1. The zero-order valence-corrected chi connectivity index (χ0v) is 9.40. The molecule has 0 radical (unpaired) electrons. The minimum atomic E-state index is 0.437. The molecule has 0 spiro atoms. The van der Waals surface area contributed by atoms with Gasteiger partial charge in [0.2, 0.25) is 5.89 Å². The molecule has 0 unspecified atom stereocenters. The van der Waals surface area contributed by atoms with Crippen LogP contribution in [-0.2, 0) is 6.54 Å². The lowest BCUT2D eigenvalue weighted by atomic mass is 10.1. The number of nitrogens with zero attached hydrogens (tertiary/aromatic N) is 2.